The molecule has 2 fully saturated rings. The second-order valence-electron chi connectivity index (χ2n) is 4.88. The summed E-state index contributed by atoms with van der Waals surface area (Å²) in [5, 5.41) is 3.32. The molecule has 0 saturated carbocycles. The predicted molar refractivity (Wildman–Crippen MR) is 66.7 cm³/mol. The highest BCUT2D eigenvalue weighted by Gasteiger charge is 2.24. The molecule has 4 heteroatoms. The zero-order chi connectivity index (χ0) is 12.1. The highest BCUT2D eigenvalue weighted by atomic mass is 16.5. The molecule has 0 radical (unpaired) electrons. The van der Waals surface area contributed by atoms with Crippen LogP contribution in [0.5, 0.6) is 0 Å². The standard InChI is InChI=1S/C13H22N2O2/c1-2-11-3-6-15(7-4-11)13(16)9-12-10-17-8-5-14-12/h2,11-12,14H,1,3-10H2. The number of hydrogen-bond donors (Lipinski definition) is 1. The monoisotopic (exact) mass is 238 g/mol. The third-order valence-corrected chi connectivity index (χ3v) is 3.65. The minimum atomic E-state index is 0.202. The first-order valence-electron chi connectivity index (χ1n) is 6.51. The number of piperidine rings is 1. The number of allylic oxidation sites excluding steroid dienone is 1. The minimum Gasteiger partial charge on any atom is -0.378 e. The molecule has 2 heterocycles. The number of carbonyl (C=O) groups excluding carboxylic acids is 1. The summed E-state index contributed by atoms with van der Waals surface area (Å²) in [5.41, 5.74) is 0. The van der Waals surface area contributed by atoms with Gasteiger partial charge in [0.25, 0.3) is 0 Å². The van der Waals surface area contributed by atoms with E-state index in [4.69, 9.17) is 4.74 Å². The Bertz CT molecular complexity index is 267. The van der Waals surface area contributed by atoms with Crippen molar-refractivity contribution in [2.45, 2.75) is 25.3 Å². The molecule has 1 N–H and O–H groups in total. The van der Waals surface area contributed by atoms with Crippen LogP contribution in [0.3, 0.4) is 0 Å². The molecule has 0 aromatic heterocycles. The van der Waals surface area contributed by atoms with E-state index < -0.39 is 0 Å². The zero-order valence-electron chi connectivity index (χ0n) is 10.4. The Morgan fingerprint density at radius 1 is 1.47 bits per heavy atom. The first kappa shape index (κ1) is 12.6. The highest BCUT2D eigenvalue weighted by molar-refractivity contribution is 5.77. The Labute approximate surface area is 103 Å². The second kappa shape index (κ2) is 6.17. The number of hydrogen-bond acceptors (Lipinski definition) is 3. The second-order valence-corrected chi connectivity index (χ2v) is 4.88. The van der Waals surface area contributed by atoms with Crippen LogP contribution < -0.4 is 5.32 Å². The van der Waals surface area contributed by atoms with Crippen LogP contribution in [0.4, 0.5) is 0 Å². The van der Waals surface area contributed by atoms with E-state index in [1.54, 1.807) is 0 Å². The molecule has 2 rings (SSSR count). The van der Waals surface area contributed by atoms with Crippen molar-refractivity contribution in [2.24, 2.45) is 5.92 Å². The summed E-state index contributed by atoms with van der Waals surface area (Å²) in [7, 11) is 0. The van der Waals surface area contributed by atoms with Crippen LogP contribution in [0.2, 0.25) is 0 Å². The van der Waals surface area contributed by atoms with Crippen molar-refractivity contribution in [1.82, 2.24) is 10.2 Å². The number of nitrogens with zero attached hydrogens (tertiary/aromatic N) is 1. The topological polar surface area (TPSA) is 41.6 Å². The maximum Gasteiger partial charge on any atom is 0.224 e. The fraction of sp³-hybridized carbons (Fsp3) is 0.769. The molecule has 17 heavy (non-hydrogen) atoms. The van der Waals surface area contributed by atoms with Crippen molar-refractivity contribution >= 4 is 5.91 Å². The Kier molecular flexibility index (Phi) is 4.57. The van der Waals surface area contributed by atoms with Crippen LogP contribution in [-0.4, -0.2) is 49.7 Å². The molecule has 0 bridgehead atoms. The normalized spacial score (nSPS) is 26.8. The van der Waals surface area contributed by atoms with Crippen molar-refractivity contribution in [3.05, 3.63) is 12.7 Å². The van der Waals surface area contributed by atoms with E-state index >= 15 is 0 Å². The molecule has 1 amide bonds. The number of rotatable bonds is 3. The number of morpholine rings is 1. The molecule has 0 aromatic carbocycles. The van der Waals surface area contributed by atoms with Gasteiger partial charge in [-0.05, 0) is 18.8 Å². The van der Waals surface area contributed by atoms with Gasteiger partial charge in [-0.3, -0.25) is 4.79 Å². The van der Waals surface area contributed by atoms with E-state index in [0.717, 1.165) is 39.1 Å². The minimum absolute atomic E-state index is 0.202. The van der Waals surface area contributed by atoms with Crippen LogP contribution >= 0.6 is 0 Å². The molecule has 0 spiro atoms. The molecule has 2 aliphatic heterocycles. The van der Waals surface area contributed by atoms with Gasteiger partial charge >= 0.3 is 0 Å². The smallest absolute Gasteiger partial charge is 0.224 e. The van der Waals surface area contributed by atoms with E-state index in [-0.39, 0.29) is 11.9 Å². The molecule has 2 aliphatic rings. The van der Waals surface area contributed by atoms with E-state index in [1.807, 2.05) is 11.0 Å². The van der Waals surface area contributed by atoms with Crippen molar-refractivity contribution in [2.75, 3.05) is 32.8 Å². The van der Waals surface area contributed by atoms with Crippen LogP contribution in [0.25, 0.3) is 0 Å². The predicted octanol–water partition coefficient (Wildman–Crippen LogP) is 0.790. The number of nitrogens with one attached hydrogen (secondary N) is 1. The first-order chi connectivity index (χ1) is 8.29. The van der Waals surface area contributed by atoms with E-state index in [2.05, 4.69) is 11.9 Å². The summed E-state index contributed by atoms with van der Waals surface area (Å²) < 4.78 is 5.36. The number of ether oxygens (including phenoxy) is 1. The third kappa shape index (κ3) is 3.54. The van der Waals surface area contributed by atoms with E-state index in [0.29, 0.717) is 18.9 Å². The maximum absolute atomic E-state index is 12.1. The quantitative estimate of drug-likeness (QED) is 0.739. The Morgan fingerprint density at radius 2 is 2.24 bits per heavy atom. The average molecular weight is 238 g/mol. The summed E-state index contributed by atoms with van der Waals surface area (Å²) in [6, 6.07) is 0.202. The van der Waals surface area contributed by atoms with E-state index in [9.17, 15) is 4.79 Å². The van der Waals surface area contributed by atoms with Gasteiger partial charge in [-0.15, -0.1) is 6.58 Å². The van der Waals surface area contributed by atoms with Crippen LogP contribution in [0, 0.1) is 5.92 Å². The van der Waals surface area contributed by atoms with Gasteiger partial charge < -0.3 is 15.0 Å². The van der Waals surface area contributed by atoms with Crippen molar-refractivity contribution in [1.29, 1.82) is 0 Å². The third-order valence-electron chi connectivity index (χ3n) is 3.65. The van der Waals surface area contributed by atoms with Gasteiger partial charge in [-0.2, -0.15) is 0 Å². The molecule has 1 atom stereocenters. The molecular weight excluding hydrogens is 216 g/mol. The molecule has 4 nitrogen and oxygen atoms in total. The lowest BCUT2D eigenvalue weighted by atomic mass is 9.97. The largest absolute Gasteiger partial charge is 0.378 e. The summed E-state index contributed by atoms with van der Waals surface area (Å²) >= 11 is 0. The van der Waals surface area contributed by atoms with Gasteiger partial charge in [0.1, 0.15) is 0 Å². The Hall–Kier alpha value is -0.870. The van der Waals surface area contributed by atoms with Crippen LogP contribution in [-0.2, 0) is 9.53 Å². The van der Waals surface area contributed by atoms with Crippen molar-refractivity contribution in [3.8, 4) is 0 Å². The fourth-order valence-corrected chi connectivity index (χ4v) is 2.48. The van der Waals surface area contributed by atoms with Gasteiger partial charge in [0.05, 0.1) is 13.2 Å². The fourth-order valence-electron chi connectivity index (χ4n) is 2.48. The van der Waals surface area contributed by atoms with Crippen molar-refractivity contribution < 1.29 is 9.53 Å². The van der Waals surface area contributed by atoms with Gasteiger partial charge in [0.15, 0.2) is 0 Å². The molecule has 1 unspecified atom stereocenters. The van der Waals surface area contributed by atoms with Gasteiger partial charge in [-0.25, -0.2) is 0 Å². The molecule has 0 aliphatic carbocycles. The van der Waals surface area contributed by atoms with Crippen LogP contribution in [0.1, 0.15) is 19.3 Å². The van der Waals surface area contributed by atoms with E-state index in [1.165, 1.54) is 0 Å². The number of carbonyl (C=O) groups is 1. The van der Waals surface area contributed by atoms with Gasteiger partial charge in [0, 0.05) is 32.1 Å². The zero-order valence-corrected chi connectivity index (χ0v) is 10.4. The summed E-state index contributed by atoms with van der Waals surface area (Å²) in [4.78, 5) is 14.0. The van der Waals surface area contributed by atoms with Gasteiger partial charge in [0.2, 0.25) is 5.91 Å². The summed E-state index contributed by atoms with van der Waals surface area (Å²) in [5.74, 6) is 0.853. The molecule has 0 aromatic rings. The number of likely N-dealkylation sites (tertiary alicyclic amines) is 1. The lowest BCUT2D eigenvalue weighted by Gasteiger charge is -2.32. The molecular formula is C13H22N2O2. The molecule has 96 valence electrons. The van der Waals surface area contributed by atoms with Crippen LogP contribution in [0.15, 0.2) is 12.7 Å². The Balaban J connectivity index is 1.74. The summed E-state index contributed by atoms with van der Waals surface area (Å²) in [6.45, 7) is 7.85. The molecule has 2 saturated heterocycles. The lowest BCUT2D eigenvalue weighted by Crippen LogP contribution is -2.46. The summed E-state index contributed by atoms with van der Waals surface area (Å²) in [6.07, 6.45) is 4.70. The average Bonchev–Trinajstić information content (AvgIpc) is 2.40. The first-order valence-corrected chi connectivity index (χ1v) is 6.51. The van der Waals surface area contributed by atoms with Gasteiger partial charge in [-0.1, -0.05) is 6.08 Å². The SMILES string of the molecule is C=CC1CCN(C(=O)CC2COCCN2)CC1. The Morgan fingerprint density at radius 3 is 2.82 bits per heavy atom. The number of amides is 1. The maximum atomic E-state index is 12.1. The lowest BCUT2D eigenvalue weighted by molar-refractivity contribution is -0.133. The highest BCUT2D eigenvalue weighted by Crippen LogP contribution is 2.18. The van der Waals surface area contributed by atoms with Crippen molar-refractivity contribution in [3.63, 3.8) is 0 Å².